The molecule has 0 saturated carbocycles. The summed E-state index contributed by atoms with van der Waals surface area (Å²) in [6.45, 7) is 1.78. The Balaban J connectivity index is 2.51. The first-order chi connectivity index (χ1) is 7.58. The van der Waals surface area contributed by atoms with Crippen molar-refractivity contribution in [3.8, 4) is 11.3 Å². The van der Waals surface area contributed by atoms with Crippen LogP contribution in [0.15, 0.2) is 30.5 Å². The molecule has 0 aliphatic carbocycles. The molecule has 2 aromatic rings. The Morgan fingerprint density at radius 1 is 1.38 bits per heavy atom. The lowest BCUT2D eigenvalue weighted by Crippen LogP contribution is -2.00. The van der Waals surface area contributed by atoms with E-state index in [1.165, 1.54) is 0 Å². The maximum absolute atomic E-state index is 11.0. The van der Waals surface area contributed by atoms with E-state index in [0.29, 0.717) is 5.56 Å². The van der Waals surface area contributed by atoms with E-state index < -0.39 is 5.97 Å². The van der Waals surface area contributed by atoms with Gasteiger partial charge in [-0.25, -0.2) is 4.79 Å². The zero-order valence-electron chi connectivity index (χ0n) is 9.14. The summed E-state index contributed by atoms with van der Waals surface area (Å²) in [7, 11) is 1.83. The lowest BCUT2D eigenvalue weighted by atomic mass is 10.0. The number of carbonyl (C=O) groups is 1. The molecular weight excluding hydrogens is 204 g/mol. The fourth-order valence-corrected chi connectivity index (χ4v) is 1.58. The number of rotatable bonds is 2. The van der Waals surface area contributed by atoms with Crippen LogP contribution >= 0.6 is 0 Å². The normalized spacial score (nSPS) is 10.4. The molecule has 0 atom stereocenters. The summed E-state index contributed by atoms with van der Waals surface area (Å²) in [6, 6.07) is 7.19. The molecule has 4 heteroatoms. The van der Waals surface area contributed by atoms with Gasteiger partial charge in [0.15, 0.2) is 0 Å². The van der Waals surface area contributed by atoms with Crippen LogP contribution in [0, 0.1) is 6.92 Å². The highest BCUT2D eigenvalue weighted by molar-refractivity contribution is 5.90. The molecule has 0 radical (unpaired) electrons. The van der Waals surface area contributed by atoms with Gasteiger partial charge in [-0.05, 0) is 24.6 Å². The van der Waals surface area contributed by atoms with Crippen LogP contribution in [0.2, 0.25) is 0 Å². The zero-order valence-corrected chi connectivity index (χ0v) is 9.14. The molecule has 0 aliphatic heterocycles. The van der Waals surface area contributed by atoms with Crippen molar-refractivity contribution in [3.63, 3.8) is 0 Å². The second-order valence-corrected chi connectivity index (χ2v) is 3.71. The van der Waals surface area contributed by atoms with Gasteiger partial charge in [0.05, 0.1) is 11.3 Å². The molecule has 0 spiro atoms. The van der Waals surface area contributed by atoms with Crippen LogP contribution in [-0.4, -0.2) is 20.9 Å². The van der Waals surface area contributed by atoms with Gasteiger partial charge in [-0.1, -0.05) is 12.1 Å². The van der Waals surface area contributed by atoms with Crippen LogP contribution in [0.25, 0.3) is 11.3 Å². The fourth-order valence-electron chi connectivity index (χ4n) is 1.58. The van der Waals surface area contributed by atoms with E-state index in [0.717, 1.165) is 16.8 Å². The molecule has 0 bridgehead atoms. The summed E-state index contributed by atoms with van der Waals surface area (Å²) in [4.78, 5) is 11.0. The van der Waals surface area contributed by atoms with Crippen molar-refractivity contribution in [3.05, 3.63) is 41.6 Å². The Labute approximate surface area is 93.1 Å². The first kappa shape index (κ1) is 10.4. The Hall–Kier alpha value is -2.10. The lowest BCUT2D eigenvalue weighted by molar-refractivity contribution is 0.0696. The molecule has 0 aliphatic rings. The first-order valence-corrected chi connectivity index (χ1v) is 4.92. The molecule has 0 unspecified atom stereocenters. The minimum atomic E-state index is -0.907. The number of benzene rings is 1. The van der Waals surface area contributed by atoms with Crippen LogP contribution in [0.5, 0.6) is 0 Å². The van der Waals surface area contributed by atoms with E-state index in [4.69, 9.17) is 5.11 Å². The van der Waals surface area contributed by atoms with E-state index in [-0.39, 0.29) is 0 Å². The molecule has 16 heavy (non-hydrogen) atoms. The summed E-state index contributed by atoms with van der Waals surface area (Å²) < 4.78 is 1.69. The van der Waals surface area contributed by atoms with Gasteiger partial charge in [-0.15, -0.1) is 0 Å². The van der Waals surface area contributed by atoms with E-state index in [9.17, 15) is 4.79 Å². The number of hydrogen-bond acceptors (Lipinski definition) is 2. The lowest BCUT2D eigenvalue weighted by Gasteiger charge is -2.03. The number of carboxylic acids is 1. The number of hydrogen-bond donors (Lipinski definition) is 1. The predicted molar refractivity (Wildman–Crippen MR) is 60.3 cm³/mol. The van der Waals surface area contributed by atoms with Crippen molar-refractivity contribution in [2.45, 2.75) is 6.92 Å². The van der Waals surface area contributed by atoms with Crippen LogP contribution < -0.4 is 0 Å². The third-order valence-corrected chi connectivity index (χ3v) is 2.48. The van der Waals surface area contributed by atoms with Gasteiger partial charge < -0.3 is 5.11 Å². The highest BCUT2D eigenvalue weighted by Crippen LogP contribution is 2.20. The van der Waals surface area contributed by atoms with Crippen molar-refractivity contribution >= 4 is 5.97 Å². The molecule has 0 fully saturated rings. The predicted octanol–water partition coefficient (Wildman–Crippen LogP) is 2.09. The minimum absolute atomic E-state index is 0.322. The number of carboxylic acid groups (broad SMARTS) is 1. The maximum atomic E-state index is 11.0. The van der Waals surface area contributed by atoms with Gasteiger partial charge in [-0.2, -0.15) is 5.10 Å². The number of aromatic carboxylic acids is 1. The smallest absolute Gasteiger partial charge is 0.335 e. The number of aromatic nitrogens is 2. The third kappa shape index (κ3) is 1.82. The largest absolute Gasteiger partial charge is 0.478 e. The van der Waals surface area contributed by atoms with Gasteiger partial charge in [0, 0.05) is 18.8 Å². The van der Waals surface area contributed by atoms with Crippen LogP contribution in [0.1, 0.15) is 15.9 Å². The summed E-state index contributed by atoms with van der Waals surface area (Å²) in [5.74, 6) is -0.907. The van der Waals surface area contributed by atoms with Crippen LogP contribution in [0.4, 0.5) is 0 Å². The van der Waals surface area contributed by atoms with Gasteiger partial charge in [0.1, 0.15) is 0 Å². The van der Waals surface area contributed by atoms with Crippen molar-refractivity contribution in [1.29, 1.82) is 0 Å². The summed E-state index contributed by atoms with van der Waals surface area (Å²) in [6.07, 6.45) is 1.83. The molecule has 1 heterocycles. The second kappa shape index (κ2) is 3.81. The Morgan fingerprint density at radius 3 is 2.69 bits per heavy atom. The monoisotopic (exact) mass is 216 g/mol. The van der Waals surface area contributed by atoms with Gasteiger partial charge in [0.25, 0.3) is 0 Å². The Bertz CT molecular complexity index is 544. The zero-order chi connectivity index (χ0) is 11.7. The van der Waals surface area contributed by atoms with Crippen molar-refractivity contribution in [2.75, 3.05) is 0 Å². The minimum Gasteiger partial charge on any atom is -0.478 e. The highest BCUT2D eigenvalue weighted by Gasteiger charge is 2.09. The Kier molecular flexibility index (Phi) is 2.48. The first-order valence-electron chi connectivity index (χ1n) is 4.92. The molecule has 2 rings (SSSR count). The van der Waals surface area contributed by atoms with E-state index >= 15 is 0 Å². The highest BCUT2D eigenvalue weighted by atomic mass is 16.4. The molecule has 82 valence electrons. The quantitative estimate of drug-likeness (QED) is 0.836. The topological polar surface area (TPSA) is 55.1 Å². The summed E-state index contributed by atoms with van der Waals surface area (Å²) in [5, 5.41) is 13.3. The molecule has 0 amide bonds. The summed E-state index contributed by atoms with van der Waals surface area (Å²) in [5.41, 5.74) is 2.68. The van der Waals surface area contributed by atoms with Gasteiger partial charge in [0.2, 0.25) is 0 Å². The maximum Gasteiger partial charge on any atom is 0.335 e. The number of aryl methyl sites for hydroxylation is 2. The van der Waals surface area contributed by atoms with E-state index in [2.05, 4.69) is 5.10 Å². The molecule has 1 N–H and O–H groups in total. The van der Waals surface area contributed by atoms with Gasteiger partial charge >= 0.3 is 5.97 Å². The second-order valence-electron chi connectivity index (χ2n) is 3.71. The fraction of sp³-hybridized carbons (Fsp3) is 0.167. The SMILES string of the molecule is Cc1ccc(-c2ccn(C)n2)cc1C(=O)O. The average molecular weight is 216 g/mol. The molecule has 4 nitrogen and oxygen atoms in total. The van der Waals surface area contributed by atoms with Gasteiger partial charge in [-0.3, -0.25) is 4.68 Å². The average Bonchev–Trinajstić information content (AvgIpc) is 2.65. The van der Waals surface area contributed by atoms with E-state index in [1.807, 2.05) is 25.4 Å². The standard InChI is InChI=1S/C12H12N2O2/c1-8-3-4-9(7-10(8)12(15)16)11-5-6-14(2)13-11/h3-7H,1-2H3,(H,15,16). The van der Waals surface area contributed by atoms with E-state index in [1.54, 1.807) is 23.7 Å². The van der Waals surface area contributed by atoms with Crippen molar-refractivity contribution in [1.82, 2.24) is 9.78 Å². The van der Waals surface area contributed by atoms with Crippen LogP contribution in [-0.2, 0) is 7.05 Å². The molecular formula is C12H12N2O2. The summed E-state index contributed by atoms with van der Waals surface area (Å²) >= 11 is 0. The van der Waals surface area contributed by atoms with Crippen LogP contribution in [0.3, 0.4) is 0 Å². The number of nitrogens with zero attached hydrogens (tertiary/aromatic N) is 2. The molecule has 1 aromatic carbocycles. The Morgan fingerprint density at radius 2 is 2.12 bits per heavy atom. The van der Waals surface area contributed by atoms with Crippen molar-refractivity contribution < 1.29 is 9.90 Å². The van der Waals surface area contributed by atoms with Crippen molar-refractivity contribution in [2.24, 2.45) is 7.05 Å². The third-order valence-electron chi connectivity index (χ3n) is 2.48. The molecule has 0 saturated heterocycles. The molecule has 1 aromatic heterocycles.